The fourth-order valence-corrected chi connectivity index (χ4v) is 2.05. The highest BCUT2D eigenvalue weighted by atomic mass is 19.4. The first kappa shape index (κ1) is 16.9. The molecular weight excluding hydrogens is 329 g/mol. The molecule has 23 heavy (non-hydrogen) atoms. The SMILES string of the molecule is O=[N+]([O-])c1cccc(C(O)(c2ccoc2)C(F)(F)C(F)(F)F)c1. The molecule has 124 valence electrons. The van der Waals surface area contributed by atoms with Crippen molar-refractivity contribution in [1.29, 1.82) is 0 Å². The van der Waals surface area contributed by atoms with Crippen LogP contribution in [0.15, 0.2) is 47.3 Å². The van der Waals surface area contributed by atoms with Crippen molar-refractivity contribution in [3.05, 3.63) is 64.1 Å². The quantitative estimate of drug-likeness (QED) is 0.525. The number of nitrogens with zero attached hydrogens (tertiary/aromatic N) is 1. The molecule has 0 aliphatic carbocycles. The van der Waals surface area contributed by atoms with Gasteiger partial charge in [-0.2, -0.15) is 22.0 Å². The molecule has 1 aromatic heterocycles. The van der Waals surface area contributed by atoms with E-state index in [1.54, 1.807) is 0 Å². The molecule has 0 aliphatic rings. The second-order valence-electron chi connectivity index (χ2n) is 4.60. The largest absolute Gasteiger partial charge is 0.472 e. The first-order chi connectivity index (χ1) is 10.5. The van der Waals surface area contributed by atoms with E-state index < -0.39 is 39.4 Å². The molecule has 2 aromatic rings. The van der Waals surface area contributed by atoms with Gasteiger partial charge in [-0.05, 0) is 6.07 Å². The van der Waals surface area contributed by atoms with Gasteiger partial charge >= 0.3 is 12.1 Å². The highest BCUT2D eigenvalue weighted by Gasteiger charge is 2.71. The van der Waals surface area contributed by atoms with Gasteiger partial charge in [-0.3, -0.25) is 10.1 Å². The Hall–Kier alpha value is -2.49. The van der Waals surface area contributed by atoms with Crippen molar-refractivity contribution < 1.29 is 36.4 Å². The van der Waals surface area contributed by atoms with E-state index in [9.17, 15) is 37.2 Å². The number of benzene rings is 1. The van der Waals surface area contributed by atoms with Gasteiger partial charge in [0, 0.05) is 23.3 Å². The fourth-order valence-electron chi connectivity index (χ4n) is 2.05. The molecule has 5 nitrogen and oxygen atoms in total. The van der Waals surface area contributed by atoms with E-state index in [1.165, 1.54) is 0 Å². The summed E-state index contributed by atoms with van der Waals surface area (Å²) < 4.78 is 70.8. The molecular formula is C13H8F5NO4. The number of rotatable bonds is 4. The Morgan fingerprint density at radius 1 is 1.09 bits per heavy atom. The summed E-state index contributed by atoms with van der Waals surface area (Å²) in [5.74, 6) is -5.63. The third-order valence-corrected chi connectivity index (χ3v) is 3.22. The van der Waals surface area contributed by atoms with Crippen LogP contribution >= 0.6 is 0 Å². The first-order valence-electron chi connectivity index (χ1n) is 5.96. The van der Waals surface area contributed by atoms with Crippen LogP contribution in [0.3, 0.4) is 0 Å². The van der Waals surface area contributed by atoms with E-state index in [-0.39, 0.29) is 0 Å². The Balaban J connectivity index is 2.75. The molecule has 0 saturated carbocycles. The van der Waals surface area contributed by atoms with E-state index >= 15 is 0 Å². The van der Waals surface area contributed by atoms with E-state index in [4.69, 9.17) is 0 Å². The second kappa shape index (κ2) is 5.30. The smallest absolute Gasteiger partial charge is 0.457 e. The number of hydrogen-bond donors (Lipinski definition) is 1. The molecule has 0 fully saturated rings. The third-order valence-electron chi connectivity index (χ3n) is 3.22. The van der Waals surface area contributed by atoms with Crippen LogP contribution in [0, 0.1) is 10.1 Å². The van der Waals surface area contributed by atoms with Crippen LogP contribution in [-0.2, 0) is 5.60 Å². The summed E-state index contributed by atoms with van der Waals surface area (Å²) in [7, 11) is 0. The summed E-state index contributed by atoms with van der Waals surface area (Å²) in [5.41, 5.74) is -6.51. The van der Waals surface area contributed by atoms with Crippen molar-refractivity contribution >= 4 is 5.69 Å². The lowest BCUT2D eigenvalue weighted by Crippen LogP contribution is -2.55. The summed E-state index contributed by atoms with van der Waals surface area (Å²) in [5, 5.41) is 21.0. The number of furan rings is 1. The average Bonchev–Trinajstić information content (AvgIpc) is 2.99. The van der Waals surface area contributed by atoms with Crippen LogP contribution in [0.2, 0.25) is 0 Å². The second-order valence-corrected chi connectivity index (χ2v) is 4.60. The van der Waals surface area contributed by atoms with Crippen molar-refractivity contribution in [1.82, 2.24) is 0 Å². The zero-order chi connectivity index (χ0) is 17.5. The van der Waals surface area contributed by atoms with Gasteiger partial charge in [0.15, 0.2) is 5.60 Å². The van der Waals surface area contributed by atoms with Gasteiger partial charge < -0.3 is 9.52 Å². The number of non-ortho nitro benzene ring substituents is 1. The van der Waals surface area contributed by atoms with Crippen molar-refractivity contribution in [2.24, 2.45) is 0 Å². The number of alkyl halides is 5. The standard InChI is InChI=1S/C13H8F5NO4/c14-12(15,13(16,17)18)11(20,9-4-5-23-7-9)8-2-1-3-10(6-8)19(21)22/h1-7,20H. The lowest BCUT2D eigenvalue weighted by atomic mass is 9.81. The predicted octanol–water partition coefficient (Wildman–Crippen LogP) is 3.62. The third kappa shape index (κ3) is 2.54. The van der Waals surface area contributed by atoms with Crippen molar-refractivity contribution in [3.63, 3.8) is 0 Å². The van der Waals surface area contributed by atoms with E-state index in [0.717, 1.165) is 30.5 Å². The molecule has 0 radical (unpaired) electrons. The zero-order valence-electron chi connectivity index (χ0n) is 11.1. The highest BCUT2D eigenvalue weighted by molar-refractivity contribution is 5.44. The molecule has 1 N–H and O–H groups in total. The van der Waals surface area contributed by atoms with Crippen LogP contribution in [0.1, 0.15) is 11.1 Å². The topological polar surface area (TPSA) is 76.5 Å². The molecule has 1 atom stereocenters. The van der Waals surface area contributed by atoms with Crippen molar-refractivity contribution in [2.75, 3.05) is 0 Å². The van der Waals surface area contributed by atoms with Crippen molar-refractivity contribution in [2.45, 2.75) is 17.7 Å². The number of halogens is 5. The Morgan fingerprint density at radius 2 is 1.74 bits per heavy atom. The molecule has 1 aromatic carbocycles. The minimum absolute atomic E-state index is 0.451. The van der Waals surface area contributed by atoms with Crippen LogP contribution in [0.5, 0.6) is 0 Å². The molecule has 10 heteroatoms. The lowest BCUT2D eigenvalue weighted by Gasteiger charge is -2.36. The molecule has 0 bridgehead atoms. The van der Waals surface area contributed by atoms with Gasteiger partial charge in [-0.1, -0.05) is 12.1 Å². The van der Waals surface area contributed by atoms with Crippen LogP contribution in [0.25, 0.3) is 0 Å². The normalized spacial score (nSPS) is 15.2. The van der Waals surface area contributed by atoms with Gasteiger partial charge in [0.05, 0.1) is 17.4 Å². The van der Waals surface area contributed by atoms with Gasteiger partial charge in [-0.15, -0.1) is 0 Å². The molecule has 1 heterocycles. The Bertz CT molecular complexity index is 713. The maximum Gasteiger partial charge on any atom is 0.457 e. The highest BCUT2D eigenvalue weighted by Crippen LogP contribution is 2.52. The number of nitro groups is 1. The van der Waals surface area contributed by atoms with Gasteiger partial charge in [0.25, 0.3) is 5.69 Å². The predicted molar refractivity (Wildman–Crippen MR) is 65.8 cm³/mol. The van der Waals surface area contributed by atoms with E-state index in [0.29, 0.717) is 12.3 Å². The van der Waals surface area contributed by atoms with Gasteiger partial charge in [0.1, 0.15) is 0 Å². The maximum absolute atomic E-state index is 14.0. The lowest BCUT2D eigenvalue weighted by molar-refractivity contribution is -0.385. The minimum atomic E-state index is -6.11. The van der Waals surface area contributed by atoms with Gasteiger partial charge in [-0.25, -0.2) is 0 Å². The molecule has 1 unspecified atom stereocenters. The molecule has 0 amide bonds. The fraction of sp³-hybridized carbons (Fsp3) is 0.231. The van der Waals surface area contributed by atoms with Crippen LogP contribution in [0.4, 0.5) is 27.6 Å². The number of aliphatic hydroxyl groups is 1. The number of hydrogen-bond acceptors (Lipinski definition) is 4. The monoisotopic (exact) mass is 337 g/mol. The first-order valence-corrected chi connectivity index (χ1v) is 5.96. The summed E-state index contributed by atoms with van der Waals surface area (Å²) in [6.45, 7) is 0. The van der Waals surface area contributed by atoms with Gasteiger partial charge in [0.2, 0.25) is 0 Å². The summed E-state index contributed by atoms with van der Waals surface area (Å²) in [6.07, 6.45) is -4.80. The zero-order valence-corrected chi connectivity index (χ0v) is 11.1. The maximum atomic E-state index is 14.0. The van der Waals surface area contributed by atoms with Crippen LogP contribution in [-0.4, -0.2) is 22.1 Å². The molecule has 2 rings (SSSR count). The average molecular weight is 337 g/mol. The minimum Gasteiger partial charge on any atom is -0.472 e. The summed E-state index contributed by atoms with van der Waals surface area (Å²) in [6, 6.07) is 3.70. The van der Waals surface area contributed by atoms with E-state index in [2.05, 4.69) is 4.42 Å². The van der Waals surface area contributed by atoms with Crippen LogP contribution < -0.4 is 0 Å². The molecule has 0 saturated heterocycles. The van der Waals surface area contributed by atoms with Crippen molar-refractivity contribution in [3.8, 4) is 0 Å². The number of nitro benzene ring substituents is 1. The Kier molecular flexibility index (Phi) is 3.89. The summed E-state index contributed by atoms with van der Waals surface area (Å²) in [4.78, 5) is 9.73. The Morgan fingerprint density at radius 3 is 2.22 bits per heavy atom. The van der Waals surface area contributed by atoms with E-state index in [1.807, 2.05) is 0 Å². The summed E-state index contributed by atoms with van der Waals surface area (Å²) >= 11 is 0. The molecule has 0 aliphatic heterocycles. The molecule has 0 spiro atoms. The Labute approximate surface area is 125 Å².